The van der Waals surface area contributed by atoms with Gasteiger partial charge in [-0.1, -0.05) is 12.7 Å². The molecule has 1 heterocycles. The third kappa shape index (κ3) is 2.99. The van der Waals surface area contributed by atoms with Gasteiger partial charge >= 0.3 is 0 Å². The molecule has 0 aliphatic rings. The van der Waals surface area contributed by atoms with E-state index in [2.05, 4.69) is 11.6 Å². The highest BCUT2D eigenvalue weighted by atomic mass is 32.1. The molecule has 0 unspecified atom stereocenters. The molecule has 0 atom stereocenters. The topological polar surface area (TPSA) is 38.9 Å². The summed E-state index contributed by atoms with van der Waals surface area (Å²) in [6, 6.07) is 0. The summed E-state index contributed by atoms with van der Waals surface area (Å²) in [5, 5.41) is 1.95. The third-order valence-corrected chi connectivity index (χ3v) is 2.30. The van der Waals surface area contributed by atoms with Gasteiger partial charge in [-0.05, 0) is 6.92 Å². The Kier molecular flexibility index (Phi) is 3.74. The number of nitrogens with two attached hydrogens (primary N) is 1. The Morgan fingerprint density at radius 3 is 2.67 bits per heavy atom. The highest BCUT2D eigenvalue weighted by Gasteiger charge is 2.10. The normalized spacial score (nSPS) is 13.0. The monoisotopic (exact) mass is 228 g/mol. The van der Waals surface area contributed by atoms with Gasteiger partial charge in [0, 0.05) is 17.0 Å². The summed E-state index contributed by atoms with van der Waals surface area (Å²) in [5.74, 6) is -1.55. The fourth-order valence-corrected chi connectivity index (χ4v) is 1.60. The van der Waals surface area contributed by atoms with Crippen molar-refractivity contribution in [3.8, 4) is 0 Å². The van der Waals surface area contributed by atoms with Crippen LogP contribution in [0.4, 0.5) is 13.9 Å². The van der Waals surface area contributed by atoms with E-state index in [1.165, 1.54) is 17.4 Å². The number of aromatic nitrogens is 1. The lowest BCUT2D eigenvalue weighted by Gasteiger charge is -1.99. The molecule has 0 aliphatic heterocycles. The second-order valence-corrected chi connectivity index (χ2v) is 3.60. The van der Waals surface area contributed by atoms with Crippen molar-refractivity contribution in [3.63, 3.8) is 0 Å². The molecule has 2 N–H and O–H groups in total. The van der Waals surface area contributed by atoms with Crippen LogP contribution in [0.2, 0.25) is 0 Å². The average Bonchev–Trinajstić information content (AvgIpc) is 2.51. The predicted molar refractivity (Wildman–Crippen MR) is 59.6 cm³/mol. The van der Waals surface area contributed by atoms with Crippen molar-refractivity contribution in [2.75, 3.05) is 5.73 Å². The Morgan fingerprint density at radius 1 is 1.60 bits per heavy atom. The first kappa shape index (κ1) is 11.6. The number of hydrogen-bond donors (Lipinski definition) is 1. The third-order valence-electron chi connectivity index (χ3n) is 1.63. The molecule has 1 aromatic rings. The number of allylic oxidation sites excluding steroid dienone is 5. The highest BCUT2D eigenvalue weighted by Crippen LogP contribution is 2.27. The maximum absolute atomic E-state index is 13.4. The van der Waals surface area contributed by atoms with Crippen molar-refractivity contribution in [3.05, 3.63) is 41.5 Å². The van der Waals surface area contributed by atoms with E-state index in [4.69, 9.17) is 5.73 Å². The quantitative estimate of drug-likeness (QED) is 0.804. The summed E-state index contributed by atoms with van der Waals surface area (Å²) in [5.41, 5.74) is 6.03. The Morgan fingerprint density at radius 2 is 2.27 bits per heavy atom. The van der Waals surface area contributed by atoms with Crippen LogP contribution in [0.15, 0.2) is 35.8 Å². The van der Waals surface area contributed by atoms with E-state index in [9.17, 15) is 8.78 Å². The first-order valence-corrected chi connectivity index (χ1v) is 5.02. The number of nitrogens with zero attached hydrogens (tertiary/aromatic N) is 1. The highest BCUT2D eigenvalue weighted by molar-refractivity contribution is 7.13. The van der Waals surface area contributed by atoms with E-state index < -0.39 is 11.7 Å². The Hall–Kier alpha value is -1.49. The maximum Gasteiger partial charge on any atom is 0.180 e. The van der Waals surface area contributed by atoms with Gasteiger partial charge in [0.1, 0.15) is 11.7 Å². The molecule has 2 nitrogen and oxygen atoms in total. The molecule has 0 amide bonds. The van der Waals surface area contributed by atoms with Gasteiger partial charge in [-0.2, -0.15) is 0 Å². The fourth-order valence-electron chi connectivity index (χ4n) is 1.03. The van der Waals surface area contributed by atoms with Crippen LogP contribution in [-0.2, 0) is 0 Å². The second kappa shape index (κ2) is 4.84. The lowest BCUT2D eigenvalue weighted by molar-refractivity contribution is 0.637. The number of nitrogen functional groups attached to an aromatic ring is 1. The molecule has 5 heteroatoms. The predicted octanol–water partition coefficient (Wildman–Crippen LogP) is 3.47. The lowest BCUT2D eigenvalue weighted by Crippen LogP contribution is -1.88. The molecule has 0 aromatic carbocycles. The van der Waals surface area contributed by atoms with Crippen LogP contribution in [0, 0.1) is 0 Å². The molecule has 0 radical (unpaired) electrons. The van der Waals surface area contributed by atoms with E-state index >= 15 is 0 Å². The maximum atomic E-state index is 13.4. The minimum absolute atomic E-state index is 0.210. The summed E-state index contributed by atoms with van der Waals surface area (Å²) >= 11 is 1.20. The van der Waals surface area contributed by atoms with Crippen LogP contribution in [-0.4, -0.2) is 4.98 Å². The van der Waals surface area contributed by atoms with Gasteiger partial charge in [0.15, 0.2) is 5.13 Å². The number of thiazole rings is 1. The van der Waals surface area contributed by atoms with Crippen molar-refractivity contribution in [1.82, 2.24) is 4.98 Å². The van der Waals surface area contributed by atoms with Crippen LogP contribution in [0.1, 0.15) is 12.6 Å². The van der Waals surface area contributed by atoms with Crippen LogP contribution in [0.25, 0.3) is 5.57 Å². The Labute approximate surface area is 90.4 Å². The minimum atomic E-state index is -0.838. The van der Waals surface area contributed by atoms with Gasteiger partial charge in [-0.3, -0.25) is 0 Å². The Bertz CT molecular complexity index is 432. The van der Waals surface area contributed by atoms with Gasteiger partial charge < -0.3 is 5.73 Å². The van der Waals surface area contributed by atoms with E-state index in [0.717, 1.165) is 0 Å². The molecule has 15 heavy (non-hydrogen) atoms. The van der Waals surface area contributed by atoms with E-state index in [0.29, 0.717) is 16.9 Å². The molecule has 1 rings (SSSR count). The van der Waals surface area contributed by atoms with Crippen molar-refractivity contribution >= 4 is 22.0 Å². The summed E-state index contributed by atoms with van der Waals surface area (Å²) in [4.78, 5) is 3.91. The van der Waals surface area contributed by atoms with Crippen LogP contribution < -0.4 is 5.73 Å². The molecular weight excluding hydrogens is 218 g/mol. The van der Waals surface area contributed by atoms with Crippen molar-refractivity contribution in [2.45, 2.75) is 6.92 Å². The van der Waals surface area contributed by atoms with Crippen LogP contribution >= 0.6 is 11.3 Å². The minimum Gasteiger partial charge on any atom is -0.375 e. The average molecular weight is 228 g/mol. The molecule has 0 saturated carbocycles. The first-order valence-electron chi connectivity index (χ1n) is 4.14. The van der Waals surface area contributed by atoms with Gasteiger partial charge in [-0.25, -0.2) is 13.8 Å². The van der Waals surface area contributed by atoms with Crippen molar-refractivity contribution < 1.29 is 8.78 Å². The molecular formula is C10H10F2N2S. The first-order chi connectivity index (χ1) is 7.04. The number of anilines is 1. The van der Waals surface area contributed by atoms with Crippen LogP contribution in [0.3, 0.4) is 0 Å². The summed E-state index contributed by atoms with van der Waals surface area (Å²) in [6.07, 6.45) is 2.22. The molecule has 80 valence electrons. The Balaban J connectivity index is 3.06. The lowest BCUT2D eigenvalue weighted by atomic mass is 10.1. The van der Waals surface area contributed by atoms with Crippen molar-refractivity contribution in [2.24, 2.45) is 0 Å². The zero-order valence-corrected chi connectivity index (χ0v) is 8.94. The summed E-state index contributed by atoms with van der Waals surface area (Å²) in [6.45, 7) is 4.60. The molecule has 0 fully saturated rings. The SMILES string of the molecule is C=C(F)/C=C(F)\C(=C/C)c1csc(N)n1. The molecule has 0 bridgehead atoms. The molecule has 1 aromatic heterocycles. The molecule has 0 aliphatic carbocycles. The van der Waals surface area contributed by atoms with E-state index in [-0.39, 0.29) is 5.57 Å². The largest absolute Gasteiger partial charge is 0.375 e. The van der Waals surface area contributed by atoms with Gasteiger partial charge in [-0.15, -0.1) is 11.3 Å². The number of halogens is 2. The summed E-state index contributed by atoms with van der Waals surface area (Å²) < 4.78 is 25.8. The summed E-state index contributed by atoms with van der Waals surface area (Å²) in [7, 11) is 0. The zero-order chi connectivity index (χ0) is 11.4. The van der Waals surface area contributed by atoms with Crippen LogP contribution in [0.5, 0.6) is 0 Å². The number of hydrogen-bond acceptors (Lipinski definition) is 3. The van der Waals surface area contributed by atoms with Gasteiger partial charge in [0.25, 0.3) is 0 Å². The fraction of sp³-hybridized carbons (Fsp3) is 0.100. The molecule has 0 spiro atoms. The zero-order valence-electron chi connectivity index (χ0n) is 8.13. The van der Waals surface area contributed by atoms with E-state index in [1.807, 2.05) is 0 Å². The molecule has 0 saturated heterocycles. The number of rotatable bonds is 3. The smallest absolute Gasteiger partial charge is 0.180 e. The van der Waals surface area contributed by atoms with E-state index in [1.54, 1.807) is 12.3 Å². The van der Waals surface area contributed by atoms with Gasteiger partial charge in [0.2, 0.25) is 0 Å². The second-order valence-electron chi connectivity index (χ2n) is 2.71. The van der Waals surface area contributed by atoms with Gasteiger partial charge in [0.05, 0.1) is 5.69 Å². The van der Waals surface area contributed by atoms with Crippen molar-refractivity contribution in [1.29, 1.82) is 0 Å². The standard InChI is InChI=1S/C10H10F2N2S/c1-3-7(8(12)4-6(2)11)9-5-15-10(13)14-9/h3-5H,2H2,1H3,(H2,13,14)/b7-3+,8-4+.